The molecule has 2 rings (SSSR count). The van der Waals surface area contributed by atoms with E-state index in [2.05, 4.69) is 11.8 Å². The van der Waals surface area contributed by atoms with Crippen molar-refractivity contribution in [2.24, 2.45) is 5.73 Å². The lowest BCUT2D eigenvalue weighted by molar-refractivity contribution is 0.00801. The SMILES string of the molecule is CCC1N(C2CC2)CCC1(O)CN. The summed E-state index contributed by atoms with van der Waals surface area (Å²) in [5.74, 6) is 0. The molecule has 3 nitrogen and oxygen atoms in total. The van der Waals surface area contributed by atoms with Crippen molar-refractivity contribution >= 4 is 0 Å². The van der Waals surface area contributed by atoms with Crippen LogP contribution in [0.25, 0.3) is 0 Å². The largest absolute Gasteiger partial charge is 0.387 e. The molecular formula is C10H20N2O. The first-order valence-electron chi connectivity index (χ1n) is 5.39. The van der Waals surface area contributed by atoms with Gasteiger partial charge in [-0.2, -0.15) is 0 Å². The van der Waals surface area contributed by atoms with Crippen LogP contribution in [0.4, 0.5) is 0 Å². The van der Waals surface area contributed by atoms with Gasteiger partial charge in [-0.3, -0.25) is 4.90 Å². The van der Waals surface area contributed by atoms with E-state index in [1.54, 1.807) is 0 Å². The van der Waals surface area contributed by atoms with E-state index in [0.29, 0.717) is 12.6 Å². The fourth-order valence-electron chi connectivity index (χ4n) is 2.65. The number of likely N-dealkylation sites (tertiary alicyclic amines) is 1. The minimum Gasteiger partial charge on any atom is -0.387 e. The Morgan fingerprint density at radius 2 is 2.23 bits per heavy atom. The molecule has 1 saturated heterocycles. The third-order valence-electron chi connectivity index (χ3n) is 3.58. The molecule has 0 aromatic rings. The molecule has 2 fully saturated rings. The first-order chi connectivity index (χ1) is 6.21. The van der Waals surface area contributed by atoms with Crippen LogP contribution in [0, 0.1) is 0 Å². The molecule has 0 radical (unpaired) electrons. The van der Waals surface area contributed by atoms with Crippen LogP contribution in [0.2, 0.25) is 0 Å². The molecule has 2 atom stereocenters. The summed E-state index contributed by atoms with van der Waals surface area (Å²) in [6.07, 6.45) is 4.51. The molecule has 0 aromatic heterocycles. The smallest absolute Gasteiger partial charge is 0.0935 e. The van der Waals surface area contributed by atoms with Crippen LogP contribution < -0.4 is 5.73 Å². The second-order valence-corrected chi connectivity index (χ2v) is 4.45. The van der Waals surface area contributed by atoms with Gasteiger partial charge in [-0.1, -0.05) is 6.92 Å². The average Bonchev–Trinajstić information content (AvgIpc) is 2.91. The number of aliphatic hydroxyl groups is 1. The Morgan fingerprint density at radius 1 is 1.54 bits per heavy atom. The van der Waals surface area contributed by atoms with E-state index in [4.69, 9.17) is 5.73 Å². The molecule has 0 bridgehead atoms. The highest BCUT2D eigenvalue weighted by Crippen LogP contribution is 2.38. The molecule has 1 aliphatic carbocycles. The van der Waals surface area contributed by atoms with E-state index in [0.717, 1.165) is 25.4 Å². The highest BCUT2D eigenvalue weighted by atomic mass is 16.3. The minimum absolute atomic E-state index is 0.310. The van der Waals surface area contributed by atoms with E-state index in [1.165, 1.54) is 12.8 Å². The first kappa shape index (κ1) is 9.44. The van der Waals surface area contributed by atoms with Crippen molar-refractivity contribution in [2.75, 3.05) is 13.1 Å². The quantitative estimate of drug-likeness (QED) is 0.664. The third kappa shape index (κ3) is 1.49. The molecule has 3 N–H and O–H groups in total. The number of hydrogen-bond acceptors (Lipinski definition) is 3. The van der Waals surface area contributed by atoms with Crippen molar-refractivity contribution in [1.82, 2.24) is 4.90 Å². The number of nitrogens with two attached hydrogens (primary N) is 1. The fraction of sp³-hybridized carbons (Fsp3) is 1.00. The van der Waals surface area contributed by atoms with Gasteiger partial charge in [-0.05, 0) is 25.7 Å². The van der Waals surface area contributed by atoms with Gasteiger partial charge < -0.3 is 10.8 Å². The zero-order valence-electron chi connectivity index (χ0n) is 8.37. The molecule has 0 amide bonds. The van der Waals surface area contributed by atoms with E-state index < -0.39 is 5.60 Å². The van der Waals surface area contributed by atoms with Crippen molar-refractivity contribution < 1.29 is 5.11 Å². The highest BCUT2D eigenvalue weighted by Gasteiger charge is 2.48. The topological polar surface area (TPSA) is 49.5 Å². The average molecular weight is 184 g/mol. The number of rotatable bonds is 3. The summed E-state index contributed by atoms with van der Waals surface area (Å²) >= 11 is 0. The second kappa shape index (κ2) is 3.23. The van der Waals surface area contributed by atoms with E-state index in [-0.39, 0.29) is 0 Å². The Balaban J connectivity index is 2.08. The van der Waals surface area contributed by atoms with Crippen LogP contribution in [0.5, 0.6) is 0 Å². The molecule has 76 valence electrons. The lowest BCUT2D eigenvalue weighted by Crippen LogP contribution is -2.49. The summed E-state index contributed by atoms with van der Waals surface area (Å²) in [5.41, 5.74) is 5.04. The van der Waals surface area contributed by atoms with Crippen LogP contribution in [-0.2, 0) is 0 Å². The third-order valence-corrected chi connectivity index (χ3v) is 3.58. The van der Waals surface area contributed by atoms with Gasteiger partial charge in [-0.25, -0.2) is 0 Å². The maximum absolute atomic E-state index is 10.2. The Kier molecular flexibility index (Phi) is 2.34. The molecule has 0 aromatic carbocycles. The van der Waals surface area contributed by atoms with Gasteiger partial charge in [-0.15, -0.1) is 0 Å². The molecule has 2 aliphatic rings. The summed E-state index contributed by atoms with van der Waals surface area (Å²) in [6.45, 7) is 3.59. The van der Waals surface area contributed by atoms with Gasteiger partial charge in [0.05, 0.1) is 5.60 Å². The second-order valence-electron chi connectivity index (χ2n) is 4.45. The Bertz CT molecular complexity index is 193. The predicted octanol–water partition coefficient (Wildman–Crippen LogP) is 0.323. The summed E-state index contributed by atoms with van der Waals surface area (Å²) in [4.78, 5) is 2.47. The van der Waals surface area contributed by atoms with Crippen molar-refractivity contribution in [3.05, 3.63) is 0 Å². The molecule has 0 spiro atoms. The summed E-state index contributed by atoms with van der Waals surface area (Å²) in [5, 5.41) is 10.2. The van der Waals surface area contributed by atoms with Crippen molar-refractivity contribution in [2.45, 2.75) is 50.3 Å². The van der Waals surface area contributed by atoms with Gasteiger partial charge in [0, 0.05) is 25.2 Å². The normalized spacial score (nSPS) is 41.3. The summed E-state index contributed by atoms with van der Waals surface area (Å²) in [6, 6.07) is 1.07. The minimum atomic E-state index is -0.600. The Hall–Kier alpha value is -0.120. The summed E-state index contributed by atoms with van der Waals surface area (Å²) in [7, 11) is 0. The standard InChI is InChI=1S/C10H20N2O/c1-2-9-10(13,7-11)5-6-12(9)8-3-4-8/h8-9,13H,2-7,11H2,1H3. The van der Waals surface area contributed by atoms with Crippen molar-refractivity contribution in [3.8, 4) is 0 Å². The van der Waals surface area contributed by atoms with Crippen molar-refractivity contribution in [3.63, 3.8) is 0 Å². The molecular weight excluding hydrogens is 164 g/mol. The lowest BCUT2D eigenvalue weighted by Gasteiger charge is -2.32. The lowest BCUT2D eigenvalue weighted by atomic mass is 9.93. The van der Waals surface area contributed by atoms with Crippen molar-refractivity contribution in [1.29, 1.82) is 0 Å². The maximum atomic E-state index is 10.2. The highest BCUT2D eigenvalue weighted by molar-refractivity contribution is 5.04. The molecule has 1 aliphatic heterocycles. The Morgan fingerprint density at radius 3 is 2.69 bits per heavy atom. The zero-order valence-corrected chi connectivity index (χ0v) is 8.37. The van der Waals surface area contributed by atoms with Crippen LogP contribution in [0.15, 0.2) is 0 Å². The Labute approximate surface area is 79.9 Å². The summed E-state index contributed by atoms with van der Waals surface area (Å²) < 4.78 is 0. The van der Waals surface area contributed by atoms with Crippen LogP contribution in [0.1, 0.15) is 32.6 Å². The van der Waals surface area contributed by atoms with Gasteiger partial charge in [0.25, 0.3) is 0 Å². The monoisotopic (exact) mass is 184 g/mol. The van der Waals surface area contributed by atoms with Crippen LogP contribution >= 0.6 is 0 Å². The predicted molar refractivity (Wildman–Crippen MR) is 52.4 cm³/mol. The molecule has 2 unspecified atom stereocenters. The van der Waals surface area contributed by atoms with Gasteiger partial charge in [0.2, 0.25) is 0 Å². The molecule has 1 heterocycles. The molecule has 13 heavy (non-hydrogen) atoms. The van der Waals surface area contributed by atoms with E-state index >= 15 is 0 Å². The van der Waals surface area contributed by atoms with Gasteiger partial charge in [0.15, 0.2) is 0 Å². The van der Waals surface area contributed by atoms with Gasteiger partial charge >= 0.3 is 0 Å². The maximum Gasteiger partial charge on any atom is 0.0935 e. The van der Waals surface area contributed by atoms with Crippen LogP contribution in [-0.4, -0.2) is 40.8 Å². The fourth-order valence-corrected chi connectivity index (χ4v) is 2.65. The van der Waals surface area contributed by atoms with Crippen LogP contribution in [0.3, 0.4) is 0 Å². The molecule has 1 saturated carbocycles. The van der Waals surface area contributed by atoms with E-state index in [9.17, 15) is 5.11 Å². The first-order valence-corrected chi connectivity index (χ1v) is 5.39. The number of hydrogen-bond donors (Lipinski definition) is 2. The van der Waals surface area contributed by atoms with E-state index in [1.807, 2.05) is 0 Å². The zero-order chi connectivity index (χ0) is 9.47. The molecule has 3 heteroatoms. The number of nitrogens with zero attached hydrogens (tertiary/aromatic N) is 1. The van der Waals surface area contributed by atoms with Gasteiger partial charge in [0.1, 0.15) is 0 Å².